The lowest BCUT2D eigenvalue weighted by Crippen LogP contribution is -2.13. The smallest absolute Gasteiger partial charge is 0.320 e. The first-order valence-electron chi connectivity index (χ1n) is 6.25. The van der Waals surface area contributed by atoms with Crippen LogP contribution in [-0.2, 0) is 6.54 Å². The quantitative estimate of drug-likeness (QED) is 0.795. The molecule has 2 N–H and O–H groups in total. The second kappa shape index (κ2) is 6.54. The van der Waals surface area contributed by atoms with E-state index >= 15 is 0 Å². The number of aryl methyl sites for hydroxylation is 1. The monoisotopic (exact) mass is 280 g/mol. The van der Waals surface area contributed by atoms with Crippen molar-refractivity contribution in [2.75, 3.05) is 11.9 Å². The maximum Gasteiger partial charge on any atom is 0.320 e. The molecule has 0 saturated heterocycles. The van der Waals surface area contributed by atoms with Crippen LogP contribution in [0, 0.1) is 6.92 Å². The van der Waals surface area contributed by atoms with E-state index in [4.69, 9.17) is 16.0 Å². The minimum atomic E-state index is 0.374. The Hall–Kier alpha value is -1.59. The molecule has 2 rings (SSSR count). The number of benzene rings is 1. The van der Waals surface area contributed by atoms with Crippen molar-refractivity contribution in [3.63, 3.8) is 0 Å². The predicted octanol–water partition coefficient (Wildman–Crippen LogP) is 3.27. The van der Waals surface area contributed by atoms with Crippen LogP contribution in [-0.4, -0.2) is 16.7 Å². The molecule has 1 heterocycles. The molecule has 0 amide bonds. The van der Waals surface area contributed by atoms with Gasteiger partial charge >= 0.3 is 6.01 Å². The van der Waals surface area contributed by atoms with Gasteiger partial charge in [0.1, 0.15) is 0 Å². The lowest BCUT2D eigenvalue weighted by molar-refractivity contribution is 0.479. The second-order valence-electron chi connectivity index (χ2n) is 4.26. The molecule has 0 radical (unpaired) electrons. The van der Waals surface area contributed by atoms with Crippen LogP contribution in [0.15, 0.2) is 22.6 Å². The van der Waals surface area contributed by atoms with Gasteiger partial charge in [0, 0.05) is 10.7 Å². The van der Waals surface area contributed by atoms with Gasteiger partial charge < -0.3 is 15.1 Å². The van der Waals surface area contributed by atoms with E-state index < -0.39 is 0 Å². The van der Waals surface area contributed by atoms with E-state index in [9.17, 15) is 0 Å². The molecule has 0 aliphatic carbocycles. The summed E-state index contributed by atoms with van der Waals surface area (Å²) >= 11 is 5.96. The summed E-state index contributed by atoms with van der Waals surface area (Å²) in [6.07, 6.45) is 1.07. The molecule has 1 aromatic carbocycles. The van der Waals surface area contributed by atoms with Crippen LogP contribution in [0.1, 0.15) is 24.8 Å². The predicted molar refractivity (Wildman–Crippen MR) is 75.8 cm³/mol. The number of anilines is 2. The summed E-state index contributed by atoms with van der Waals surface area (Å²) in [5.41, 5.74) is 1.93. The Kier molecular flexibility index (Phi) is 4.76. The van der Waals surface area contributed by atoms with Crippen molar-refractivity contribution < 1.29 is 4.42 Å². The van der Waals surface area contributed by atoms with Crippen LogP contribution in [0.3, 0.4) is 0 Å². The minimum absolute atomic E-state index is 0.374. The Bertz CT molecular complexity index is 541. The number of hydrogen-bond donors (Lipinski definition) is 2. The molecule has 19 heavy (non-hydrogen) atoms. The second-order valence-corrected chi connectivity index (χ2v) is 4.70. The molecule has 0 bridgehead atoms. The van der Waals surface area contributed by atoms with Gasteiger partial charge in [0.15, 0.2) is 0 Å². The Morgan fingerprint density at radius 2 is 2.16 bits per heavy atom. The highest BCUT2D eigenvalue weighted by Crippen LogP contribution is 2.23. The lowest BCUT2D eigenvalue weighted by Gasteiger charge is -2.05. The van der Waals surface area contributed by atoms with Crippen molar-refractivity contribution in [1.29, 1.82) is 0 Å². The average Bonchev–Trinajstić information content (AvgIpc) is 2.82. The van der Waals surface area contributed by atoms with Crippen LogP contribution < -0.4 is 10.6 Å². The molecule has 0 fully saturated rings. The standard InChI is InChI=1S/C13H17ClN4O/c1-3-6-15-8-12-17-18-13(19-12)16-11-7-10(14)5-4-9(11)2/h4-5,7,15H,3,6,8H2,1-2H3,(H,16,18). The first-order chi connectivity index (χ1) is 9.19. The molecule has 0 aliphatic rings. The molecule has 0 saturated carbocycles. The van der Waals surface area contributed by atoms with Gasteiger partial charge in [-0.3, -0.25) is 0 Å². The van der Waals surface area contributed by atoms with Crippen molar-refractivity contribution in [3.05, 3.63) is 34.7 Å². The third-order valence-electron chi connectivity index (χ3n) is 2.61. The fraction of sp³-hybridized carbons (Fsp3) is 0.385. The lowest BCUT2D eigenvalue weighted by atomic mass is 10.2. The molecule has 0 unspecified atom stereocenters. The molecule has 1 aromatic heterocycles. The zero-order valence-corrected chi connectivity index (χ0v) is 11.8. The molecule has 0 aliphatic heterocycles. The van der Waals surface area contributed by atoms with E-state index in [0.717, 1.165) is 24.2 Å². The molecule has 0 atom stereocenters. The number of hydrogen-bond acceptors (Lipinski definition) is 5. The van der Waals surface area contributed by atoms with Crippen molar-refractivity contribution in [2.45, 2.75) is 26.8 Å². The first-order valence-corrected chi connectivity index (χ1v) is 6.63. The van der Waals surface area contributed by atoms with E-state index in [0.29, 0.717) is 23.5 Å². The highest BCUT2D eigenvalue weighted by molar-refractivity contribution is 6.30. The third-order valence-corrected chi connectivity index (χ3v) is 2.85. The van der Waals surface area contributed by atoms with E-state index in [1.165, 1.54) is 0 Å². The molecule has 0 spiro atoms. The fourth-order valence-corrected chi connectivity index (χ4v) is 1.76. The SMILES string of the molecule is CCCNCc1nnc(Nc2cc(Cl)ccc2C)o1. The van der Waals surface area contributed by atoms with Gasteiger partial charge in [-0.25, -0.2) is 0 Å². The number of nitrogens with one attached hydrogen (secondary N) is 2. The number of halogens is 1. The zero-order chi connectivity index (χ0) is 13.7. The Morgan fingerprint density at radius 3 is 2.95 bits per heavy atom. The van der Waals surface area contributed by atoms with Crippen LogP contribution in [0.2, 0.25) is 5.02 Å². The summed E-state index contributed by atoms with van der Waals surface area (Å²) in [5.74, 6) is 0.565. The first kappa shape index (κ1) is 13.8. The molecular weight excluding hydrogens is 264 g/mol. The van der Waals surface area contributed by atoms with Crippen LogP contribution in [0.5, 0.6) is 0 Å². The molecular formula is C13H17ClN4O. The fourth-order valence-electron chi connectivity index (χ4n) is 1.59. The largest absolute Gasteiger partial charge is 0.406 e. The van der Waals surface area contributed by atoms with Gasteiger partial charge in [0.2, 0.25) is 5.89 Å². The summed E-state index contributed by atoms with van der Waals surface area (Å²) in [6, 6.07) is 5.98. The van der Waals surface area contributed by atoms with Gasteiger partial charge in [0.25, 0.3) is 0 Å². The van der Waals surface area contributed by atoms with Crippen LogP contribution in [0.25, 0.3) is 0 Å². The Balaban J connectivity index is 2.01. The van der Waals surface area contributed by atoms with Crippen molar-refractivity contribution in [3.8, 4) is 0 Å². The Morgan fingerprint density at radius 1 is 1.32 bits per heavy atom. The summed E-state index contributed by atoms with van der Waals surface area (Å²) in [5, 5.41) is 14.9. The van der Waals surface area contributed by atoms with Gasteiger partial charge in [-0.2, -0.15) is 0 Å². The average molecular weight is 281 g/mol. The topological polar surface area (TPSA) is 63.0 Å². The number of nitrogens with zero attached hydrogens (tertiary/aromatic N) is 2. The maximum atomic E-state index is 5.96. The molecule has 2 aromatic rings. The van der Waals surface area contributed by atoms with Gasteiger partial charge in [-0.15, -0.1) is 5.10 Å². The van der Waals surface area contributed by atoms with Crippen molar-refractivity contribution in [2.24, 2.45) is 0 Å². The van der Waals surface area contributed by atoms with E-state index in [-0.39, 0.29) is 0 Å². The van der Waals surface area contributed by atoms with Gasteiger partial charge in [0.05, 0.1) is 6.54 Å². The number of aromatic nitrogens is 2. The van der Waals surface area contributed by atoms with Gasteiger partial charge in [-0.1, -0.05) is 29.7 Å². The summed E-state index contributed by atoms with van der Waals surface area (Å²) < 4.78 is 5.49. The molecule has 6 heteroatoms. The van der Waals surface area contributed by atoms with Gasteiger partial charge in [-0.05, 0) is 37.6 Å². The maximum absolute atomic E-state index is 5.96. The highest BCUT2D eigenvalue weighted by atomic mass is 35.5. The van der Waals surface area contributed by atoms with Crippen LogP contribution in [0.4, 0.5) is 11.7 Å². The summed E-state index contributed by atoms with van der Waals surface area (Å²) in [7, 11) is 0. The van der Waals surface area contributed by atoms with E-state index in [1.54, 1.807) is 0 Å². The minimum Gasteiger partial charge on any atom is -0.406 e. The normalized spacial score (nSPS) is 10.7. The van der Waals surface area contributed by atoms with E-state index in [1.807, 2.05) is 25.1 Å². The molecule has 5 nitrogen and oxygen atoms in total. The third kappa shape index (κ3) is 3.94. The van der Waals surface area contributed by atoms with Crippen molar-refractivity contribution in [1.82, 2.24) is 15.5 Å². The highest BCUT2D eigenvalue weighted by Gasteiger charge is 2.07. The summed E-state index contributed by atoms with van der Waals surface area (Å²) in [4.78, 5) is 0. The van der Waals surface area contributed by atoms with Crippen LogP contribution >= 0.6 is 11.6 Å². The Labute approximate surface area is 117 Å². The van der Waals surface area contributed by atoms with E-state index in [2.05, 4.69) is 27.8 Å². The summed E-state index contributed by atoms with van der Waals surface area (Å²) in [6.45, 7) is 5.60. The molecule has 102 valence electrons. The zero-order valence-electron chi connectivity index (χ0n) is 11.0. The van der Waals surface area contributed by atoms with Crippen molar-refractivity contribution >= 4 is 23.3 Å². The number of rotatable bonds is 6.